The molecule has 0 aliphatic carbocycles. The van der Waals surface area contributed by atoms with E-state index in [1.165, 1.54) is 19.3 Å². The third-order valence-electron chi connectivity index (χ3n) is 3.47. The largest absolute Gasteiger partial charge is 0.354 e. The topological polar surface area (TPSA) is 28.2 Å². The van der Waals surface area contributed by atoms with E-state index in [2.05, 4.69) is 15.2 Å². The average molecular weight is 251 g/mol. The van der Waals surface area contributed by atoms with Crippen LogP contribution in [0.1, 0.15) is 37.7 Å². The Morgan fingerprint density at radius 3 is 2.56 bits per heavy atom. The minimum Gasteiger partial charge on any atom is -0.354 e. The molecule has 0 bridgehead atoms. The number of aromatic nitrogens is 1. The van der Waals surface area contributed by atoms with Gasteiger partial charge in [0.05, 0.1) is 0 Å². The number of hydrogen-bond donors (Lipinski definition) is 1. The summed E-state index contributed by atoms with van der Waals surface area (Å²) in [6.07, 6.45) is 7.78. The van der Waals surface area contributed by atoms with Crippen LogP contribution in [0, 0.1) is 5.82 Å². The van der Waals surface area contributed by atoms with E-state index in [9.17, 15) is 4.39 Å². The molecule has 4 heteroatoms. The third kappa shape index (κ3) is 3.19. The van der Waals surface area contributed by atoms with Gasteiger partial charge in [0, 0.05) is 31.4 Å². The van der Waals surface area contributed by atoms with Crippen molar-refractivity contribution in [3.63, 3.8) is 0 Å². The highest BCUT2D eigenvalue weighted by Crippen LogP contribution is 2.22. The number of rotatable bonds is 3. The SMILES string of the molecule is CNCc1ccnc(N2CCCCCCC2)c1F. The quantitative estimate of drug-likeness (QED) is 0.895. The Labute approximate surface area is 108 Å². The minimum atomic E-state index is -0.160. The molecule has 1 saturated heterocycles. The van der Waals surface area contributed by atoms with Gasteiger partial charge in [-0.1, -0.05) is 19.3 Å². The van der Waals surface area contributed by atoms with Gasteiger partial charge in [-0.2, -0.15) is 0 Å². The lowest BCUT2D eigenvalue weighted by atomic mass is 10.1. The molecular weight excluding hydrogens is 229 g/mol. The van der Waals surface area contributed by atoms with Crippen molar-refractivity contribution < 1.29 is 4.39 Å². The summed E-state index contributed by atoms with van der Waals surface area (Å²) in [5.41, 5.74) is 0.699. The summed E-state index contributed by atoms with van der Waals surface area (Å²) in [5.74, 6) is 0.372. The molecule has 0 atom stereocenters. The Hall–Kier alpha value is -1.16. The van der Waals surface area contributed by atoms with Crippen molar-refractivity contribution in [2.75, 3.05) is 25.0 Å². The first kappa shape index (κ1) is 13.3. The molecule has 0 spiro atoms. The van der Waals surface area contributed by atoms with Crippen LogP contribution < -0.4 is 10.2 Å². The Morgan fingerprint density at radius 2 is 1.89 bits per heavy atom. The summed E-state index contributed by atoms with van der Waals surface area (Å²) >= 11 is 0. The fourth-order valence-electron chi connectivity index (χ4n) is 2.48. The molecule has 0 radical (unpaired) electrons. The van der Waals surface area contributed by atoms with Gasteiger partial charge in [0.15, 0.2) is 11.6 Å². The van der Waals surface area contributed by atoms with Gasteiger partial charge in [-0.15, -0.1) is 0 Å². The van der Waals surface area contributed by atoms with Gasteiger partial charge in [-0.25, -0.2) is 9.37 Å². The van der Waals surface area contributed by atoms with Crippen molar-refractivity contribution in [2.45, 2.75) is 38.6 Å². The van der Waals surface area contributed by atoms with Crippen molar-refractivity contribution in [1.29, 1.82) is 0 Å². The van der Waals surface area contributed by atoms with Crippen LogP contribution in [0.15, 0.2) is 12.3 Å². The molecule has 1 aromatic rings. The van der Waals surface area contributed by atoms with E-state index in [1.54, 1.807) is 12.3 Å². The van der Waals surface area contributed by atoms with Gasteiger partial charge >= 0.3 is 0 Å². The van der Waals surface area contributed by atoms with E-state index in [0.29, 0.717) is 17.9 Å². The summed E-state index contributed by atoms with van der Waals surface area (Å²) in [6, 6.07) is 1.75. The number of pyridine rings is 1. The molecule has 18 heavy (non-hydrogen) atoms. The zero-order valence-electron chi connectivity index (χ0n) is 11.1. The average Bonchev–Trinajstić information content (AvgIpc) is 2.33. The van der Waals surface area contributed by atoms with Crippen LogP contribution in [0.2, 0.25) is 0 Å². The maximum Gasteiger partial charge on any atom is 0.170 e. The van der Waals surface area contributed by atoms with Crippen molar-refractivity contribution >= 4 is 5.82 Å². The van der Waals surface area contributed by atoms with Gasteiger partial charge in [0.25, 0.3) is 0 Å². The highest BCUT2D eigenvalue weighted by Gasteiger charge is 2.16. The van der Waals surface area contributed by atoms with E-state index in [4.69, 9.17) is 0 Å². The molecule has 3 nitrogen and oxygen atoms in total. The van der Waals surface area contributed by atoms with Crippen LogP contribution >= 0.6 is 0 Å². The molecular formula is C14H22FN3. The number of nitrogens with one attached hydrogen (secondary N) is 1. The van der Waals surface area contributed by atoms with Crippen LogP contribution in [0.25, 0.3) is 0 Å². The maximum absolute atomic E-state index is 14.3. The minimum absolute atomic E-state index is 0.160. The first-order chi connectivity index (χ1) is 8.83. The molecule has 1 N–H and O–H groups in total. The highest BCUT2D eigenvalue weighted by atomic mass is 19.1. The number of halogens is 1. The molecule has 0 saturated carbocycles. The van der Waals surface area contributed by atoms with Crippen molar-refractivity contribution in [2.24, 2.45) is 0 Å². The molecule has 1 aliphatic rings. The lowest BCUT2D eigenvalue weighted by Crippen LogP contribution is -2.29. The molecule has 0 aromatic carbocycles. The Morgan fingerprint density at radius 1 is 1.22 bits per heavy atom. The molecule has 100 valence electrons. The van der Waals surface area contributed by atoms with E-state index < -0.39 is 0 Å². The first-order valence-corrected chi connectivity index (χ1v) is 6.86. The molecule has 2 heterocycles. The normalized spacial score (nSPS) is 17.3. The van der Waals surface area contributed by atoms with E-state index in [1.807, 2.05) is 7.05 Å². The summed E-state index contributed by atoms with van der Waals surface area (Å²) in [4.78, 5) is 6.35. The van der Waals surface area contributed by atoms with E-state index >= 15 is 0 Å². The Kier molecular flexibility index (Phi) is 4.93. The van der Waals surface area contributed by atoms with Crippen molar-refractivity contribution in [3.05, 3.63) is 23.6 Å². The smallest absolute Gasteiger partial charge is 0.170 e. The second-order valence-corrected chi connectivity index (χ2v) is 4.89. The predicted molar refractivity (Wildman–Crippen MR) is 72.3 cm³/mol. The van der Waals surface area contributed by atoms with Crippen molar-refractivity contribution in [1.82, 2.24) is 10.3 Å². The second-order valence-electron chi connectivity index (χ2n) is 4.89. The van der Waals surface area contributed by atoms with Gasteiger partial charge in [-0.05, 0) is 26.0 Å². The summed E-state index contributed by atoms with van der Waals surface area (Å²) in [5, 5.41) is 2.99. The first-order valence-electron chi connectivity index (χ1n) is 6.86. The molecule has 0 unspecified atom stereocenters. The van der Waals surface area contributed by atoms with Crippen LogP contribution in [0.3, 0.4) is 0 Å². The Bertz CT molecular complexity index is 373. The van der Waals surface area contributed by atoms with E-state index in [0.717, 1.165) is 25.9 Å². The van der Waals surface area contributed by atoms with Gasteiger partial charge in [0.2, 0.25) is 0 Å². The zero-order valence-corrected chi connectivity index (χ0v) is 11.1. The molecule has 0 amide bonds. The molecule has 2 rings (SSSR count). The van der Waals surface area contributed by atoms with Crippen LogP contribution in [0.4, 0.5) is 10.2 Å². The number of nitrogens with zero attached hydrogens (tertiary/aromatic N) is 2. The van der Waals surface area contributed by atoms with E-state index in [-0.39, 0.29) is 5.82 Å². The number of hydrogen-bond acceptors (Lipinski definition) is 3. The standard InChI is InChI=1S/C14H22FN3/c1-16-11-12-7-8-17-14(13(12)15)18-9-5-3-2-4-6-10-18/h7-8,16H,2-6,9-11H2,1H3. The lowest BCUT2D eigenvalue weighted by Gasteiger charge is -2.26. The Balaban J connectivity index is 2.17. The van der Waals surface area contributed by atoms with Gasteiger partial charge in [-0.3, -0.25) is 0 Å². The monoisotopic (exact) mass is 251 g/mol. The summed E-state index contributed by atoms with van der Waals surface area (Å²) < 4.78 is 14.3. The van der Waals surface area contributed by atoms with Gasteiger partial charge in [0.1, 0.15) is 0 Å². The lowest BCUT2D eigenvalue weighted by molar-refractivity contribution is 0.535. The summed E-state index contributed by atoms with van der Waals surface area (Å²) in [6.45, 7) is 2.40. The fourth-order valence-corrected chi connectivity index (χ4v) is 2.48. The molecule has 1 fully saturated rings. The zero-order chi connectivity index (χ0) is 12.8. The third-order valence-corrected chi connectivity index (χ3v) is 3.47. The molecule has 1 aromatic heterocycles. The fraction of sp³-hybridized carbons (Fsp3) is 0.643. The second kappa shape index (κ2) is 6.69. The number of anilines is 1. The van der Waals surface area contributed by atoms with Crippen LogP contribution in [0.5, 0.6) is 0 Å². The molecule has 1 aliphatic heterocycles. The van der Waals surface area contributed by atoms with Crippen LogP contribution in [-0.2, 0) is 6.54 Å². The van der Waals surface area contributed by atoms with Crippen LogP contribution in [-0.4, -0.2) is 25.1 Å². The maximum atomic E-state index is 14.3. The predicted octanol–water partition coefficient (Wildman–Crippen LogP) is 2.71. The van der Waals surface area contributed by atoms with Gasteiger partial charge < -0.3 is 10.2 Å². The summed E-state index contributed by atoms with van der Waals surface area (Å²) in [7, 11) is 1.83. The van der Waals surface area contributed by atoms with Crippen molar-refractivity contribution in [3.8, 4) is 0 Å². The highest BCUT2D eigenvalue weighted by molar-refractivity contribution is 5.43.